The lowest BCUT2D eigenvalue weighted by atomic mass is 10.2. The second-order valence-electron chi connectivity index (χ2n) is 4.04. The van der Waals surface area contributed by atoms with E-state index >= 15 is 0 Å². The highest BCUT2D eigenvalue weighted by Gasteiger charge is 2.28. The van der Waals surface area contributed by atoms with Crippen LogP contribution in [0.1, 0.15) is 5.69 Å². The molecule has 2 rings (SSSR count). The number of hydrogen-bond acceptors (Lipinski definition) is 6. The summed E-state index contributed by atoms with van der Waals surface area (Å²) in [5.41, 5.74) is 0.625. The topological polar surface area (TPSA) is 101 Å². The van der Waals surface area contributed by atoms with Gasteiger partial charge in [0, 0.05) is 18.3 Å². The fourth-order valence-electron chi connectivity index (χ4n) is 1.62. The van der Waals surface area contributed by atoms with E-state index in [0.717, 1.165) is 11.3 Å². The van der Waals surface area contributed by atoms with Gasteiger partial charge in [0.15, 0.2) is 0 Å². The lowest BCUT2D eigenvalue weighted by Gasteiger charge is -2.15. The Bertz CT molecular complexity index is 712. The van der Waals surface area contributed by atoms with Crippen molar-refractivity contribution in [2.75, 3.05) is 7.11 Å². The Labute approximate surface area is 133 Å². The van der Waals surface area contributed by atoms with Crippen molar-refractivity contribution in [3.63, 3.8) is 0 Å². The fourth-order valence-corrected chi connectivity index (χ4v) is 4.83. The molecule has 0 fully saturated rings. The molecule has 0 saturated carbocycles. The van der Waals surface area contributed by atoms with Crippen LogP contribution in [0, 0.1) is 0 Å². The van der Waals surface area contributed by atoms with Crippen molar-refractivity contribution in [2.24, 2.45) is 0 Å². The van der Waals surface area contributed by atoms with Gasteiger partial charge in [-0.3, -0.25) is 4.79 Å². The quantitative estimate of drug-likeness (QED) is 0.720. The molecular formula is C11H12BrN3O4S2. The molecule has 2 heterocycles. The molecular weight excluding hydrogens is 382 g/mol. The lowest BCUT2D eigenvalue weighted by molar-refractivity contribution is -0.142. The predicted molar refractivity (Wildman–Crippen MR) is 80.4 cm³/mol. The average Bonchev–Trinajstić information content (AvgIpc) is 3.08. The Morgan fingerprint density at radius 1 is 1.57 bits per heavy atom. The van der Waals surface area contributed by atoms with Crippen molar-refractivity contribution in [1.29, 1.82) is 0 Å². The Morgan fingerprint density at radius 2 is 2.33 bits per heavy atom. The van der Waals surface area contributed by atoms with Gasteiger partial charge >= 0.3 is 5.97 Å². The molecule has 2 aromatic heterocycles. The first-order valence-corrected chi connectivity index (χ1v) is 8.84. The number of sulfonamides is 1. The summed E-state index contributed by atoms with van der Waals surface area (Å²) in [4.78, 5) is 18.4. The molecule has 114 valence electrons. The molecule has 1 atom stereocenters. The number of carbonyl (C=O) groups excluding carboxylic acids is 1. The third kappa shape index (κ3) is 4.13. The fraction of sp³-hybridized carbons (Fsp3) is 0.273. The van der Waals surface area contributed by atoms with Gasteiger partial charge in [-0.2, -0.15) is 4.72 Å². The second-order valence-corrected chi connectivity index (χ2v) is 8.44. The standard InChI is InChI=1S/C11H12BrN3O4S2/c1-19-11(16)8(4-7-5-13-6-14-7)15-21(17,18)10-3-2-9(12)20-10/h2-3,5-6,8,15H,4H2,1H3,(H,13,14)/t8-/m0/s1. The molecule has 0 saturated heterocycles. The van der Waals surface area contributed by atoms with Gasteiger partial charge in [-0.25, -0.2) is 13.4 Å². The molecule has 7 nitrogen and oxygen atoms in total. The van der Waals surface area contributed by atoms with Crippen molar-refractivity contribution in [3.05, 3.63) is 34.1 Å². The van der Waals surface area contributed by atoms with Gasteiger partial charge < -0.3 is 9.72 Å². The van der Waals surface area contributed by atoms with Gasteiger partial charge in [0.25, 0.3) is 10.0 Å². The number of aromatic amines is 1. The van der Waals surface area contributed by atoms with Crippen LogP contribution in [0.4, 0.5) is 0 Å². The number of carbonyl (C=O) groups is 1. The van der Waals surface area contributed by atoms with E-state index in [2.05, 4.69) is 35.4 Å². The number of aromatic nitrogens is 2. The van der Waals surface area contributed by atoms with Crippen LogP contribution in [0.15, 0.2) is 32.7 Å². The zero-order valence-electron chi connectivity index (χ0n) is 10.9. The number of esters is 1. The molecule has 10 heteroatoms. The van der Waals surface area contributed by atoms with Crippen LogP contribution in [-0.2, 0) is 26.0 Å². The van der Waals surface area contributed by atoms with Gasteiger partial charge in [-0.1, -0.05) is 0 Å². The van der Waals surface area contributed by atoms with E-state index in [9.17, 15) is 13.2 Å². The van der Waals surface area contributed by atoms with E-state index < -0.39 is 22.0 Å². The van der Waals surface area contributed by atoms with Gasteiger partial charge in [0.05, 0.1) is 17.2 Å². The normalized spacial score (nSPS) is 13.0. The smallest absolute Gasteiger partial charge is 0.324 e. The van der Waals surface area contributed by atoms with Crippen LogP contribution in [-0.4, -0.2) is 37.5 Å². The van der Waals surface area contributed by atoms with Crippen LogP contribution in [0.3, 0.4) is 0 Å². The molecule has 2 aromatic rings. The number of H-pyrrole nitrogens is 1. The minimum absolute atomic E-state index is 0.118. The summed E-state index contributed by atoms with van der Waals surface area (Å²) in [5, 5.41) is 0. The summed E-state index contributed by atoms with van der Waals surface area (Å²) in [6.45, 7) is 0. The number of nitrogens with one attached hydrogen (secondary N) is 2. The monoisotopic (exact) mass is 393 g/mol. The van der Waals surface area contributed by atoms with E-state index in [1.54, 1.807) is 6.07 Å². The Hall–Kier alpha value is -1.23. The maximum atomic E-state index is 12.2. The first-order valence-electron chi connectivity index (χ1n) is 5.75. The molecule has 2 N–H and O–H groups in total. The summed E-state index contributed by atoms with van der Waals surface area (Å²) < 4.78 is 32.3. The number of thiophene rings is 1. The highest BCUT2D eigenvalue weighted by Crippen LogP contribution is 2.26. The number of rotatable bonds is 6. The molecule has 0 aliphatic heterocycles. The van der Waals surface area contributed by atoms with Crippen LogP contribution < -0.4 is 4.72 Å². The summed E-state index contributed by atoms with van der Waals surface area (Å²) >= 11 is 4.26. The zero-order chi connectivity index (χ0) is 15.5. The van der Waals surface area contributed by atoms with E-state index in [1.807, 2.05) is 0 Å². The number of imidazole rings is 1. The largest absolute Gasteiger partial charge is 0.468 e. The number of halogens is 1. The molecule has 0 aliphatic rings. The Kier molecular flexibility index (Phi) is 5.14. The molecule has 0 radical (unpaired) electrons. The summed E-state index contributed by atoms with van der Waals surface area (Å²) in [7, 11) is -2.59. The number of ether oxygens (including phenoxy) is 1. The summed E-state index contributed by atoms with van der Waals surface area (Å²) in [6, 6.07) is 2.06. The van der Waals surface area contributed by atoms with Crippen molar-refractivity contribution < 1.29 is 17.9 Å². The number of nitrogens with zero attached hydrogens (tertiary/aromatic N) is 1. The molecule has 0 aromatic carbocycles. The van der Waals surface area contributed by atoms with E-state index in [4.69, 9.17) is 0 Å². The lowest BCUT2D eigenvalue weighted by Crippen LogP contribution is -2.42. The minimum atomic E-state index is -3.79. The third-order valence-electron chi connectivity index (χ3n) is 2.58. The first-order chi connectivity index (χ1) is 9.92. The Morgan fingerprint density at radius 3 is 2.86 bits per heavy atom. The zero-order valence-corrected chi connectivity index (χ0v) is 14.1. The van der Waals surface area contributed by atoms with E-state index in [1.165, 1.54) is 25.7 Å². The van der Waals surface area contributed by atoms with Crippen LogP contribution in [0.25, 0.3) is 0 Å². The SMILES string of the molecule is COC(=O)[C@H](Cc1cnc[nH]1)NS(=O)(=O)c1ccc(Br)s1. The van der Waals surface area contributed by atoms with Crippen LogP contribution >= 0.6 is 27.3 Å². The number of methoxy groups -OCH3 is 1. The predicted octanol–water partition coefficient (Wildman–Crippen LogP) is 1.30. The molecule has 0 spiro atoms. The Balaban J connectivity index is 2.20. The highest BCUT2D eigenvalue weighted by molar-refractivity contribution is 9.11. The van der Waals surface area contributed by atoms with Crippen molar-refractivity contribution in [3.8, 4) is 0 Å². The number of hydrogen-bond donors (Lipinski definition) is 2. The van der Waals surface area contributed by atoms with Gasteiger partial charge in [0.1, 0.15) is 10.3 Å². The molecule has 0 unspecified atom stereocenters. The second kappa shape index (κ2) is 6.69. The van der Waals surface area contributed by atoms with Gasteiger partial charge in [-0.05, 0) is 28.1 Å². The van der Waals surface area contributed by atoms with Crippen molar-refractivity contribution >= 4 is 43.3 Å². The average molecular weight is 394 g/mol. The van der Waals surface area contributed by atoms with Crippen molar-refractivity contribution in [2.45, 2.75) is 16.7 Å². The van der Waals surface area contributed by atoms with Gasteiger partial charge in [-0.15, -0.1) is 11.3 Å². The molecule has 0 aliphatic carbocycles. The minimum Gasteiger partial charge on any atom is -0.468 e. The highest BCUT2D eigenvalue weighted by atomic mass is 79.9. The van der Waals surface area contributed by atoms with E-state index in [-0.39, 0.29) is 10.6 Å². The van der Waals surface area contributed by atoms with Crippen LogP contribution in [0.2, 0.25) is 0 Å². The molecule has 0 bridgehead atoms. The third-order valence-corrected chi connectivity index (χ3v) is 6.16. The molecule has 21 heavy (non-hydrogen) atoms. The summed E-state index contributed by atoms with van der Waals surface area (Å²) in [6.07, 6.45) is 3.10. The maximum Gasteiger partial charge on any atom is 0.324 e. The molecule has 0 amide bonds. The first kappa shape index (κ1) is 16.1. The van der Waals surface area contributed by atoms with Gasteiger partial charge in [0.2, 0.25) is 0 Å². The van der Waals surface area contributed by atoms with Crippen molar-refractivity contribution in [1.82, 2.24) is 14.7 Å². The van der Waals surface area contributed by atoms with E-state index in [0.29, 0.717) is 9.48 Å². The summed E-state index contributed by atoms with van der Waals surface area (Å²) in [5.74, 6) is -0.663. The van der Waals surface area contributed by atoms with Crippen LogP contribution in [0.5, 0.6) is 0 Å². The maximum absolute atomic E-state index is 12.2.